The molecule has 0 spiro atoms. The van der Waals surface area contributed by atoms with Crippen LogP contribution in [-0.2, 0) is 92.8 Å². The van der Waals surface area contributed by atoms with Crippen molar-refractivity contribution in [2.45, 2.75) is 207 Å². The van der Waals surface area contributed by atoms with Crippen LogP contribution in [0.3, 0.4) is 0 Å². The van der Waals surface area contributed by atoms with Crippen LogP contribution in [0.4, 0.5) is 0 Å². The van der Waals surface area contributed by atoms with Crippen LogP contribution in [0, 0.1) is 17.8 Å². The van der Waals surface area contributed by atoms with E-state index < -0.39 is 24.0 Å². The number of hydrogen-bond acceptors (Lipinski definition) is 25. The van der Waals surface area contributed by atoms with Gasteiger partial charge in [-0.25, -0.2) is 0 Å². The maximum Gasteiger partial charge on any atom is 0.246 e. The van der Waals surface area contributed by atoms with Gasteiger partial charge in [0.1, 0.15) is 86.0 Å². The van der Waals surface area contributed by atoms with Crippen molar-refractivity contribution < 1.29 is 72.2 Å². The third-order valence-electron chi connectivity index (χ3n) is 10.6. The molecule has 4 amide bonds. The Hall–Kier alpha value is -8.98. The Kier molecular flexibility index (Phi) is 263. The van der Waals surface area contributed by atoms with Crippen molar-refractivity contribution >= 4 is 91.5 Å². The van der Waals surface area contributed by atoms with E-state index in [0.29, 0.717) is 19.5 Å². The molecule has 1 aliphatic heterocycles. The van der Waals surface area contributed by atoms with Crippen LogP contribution in [0.2, 0.25) is 0 Å². The van der Waals surface area contributed by atoms with Gasteiger partial charge in [0, 0.05) is 53.1 Å². The van der Waals surface area contributed by atoms with E-state index in [-0.39, 0.29) is 61.0 Å². The maximum absolute atomic E-state index is 13.9. The summed E-state index contributed by atoms with van der Waals surface area (Å²) < 4.78 is 0. The molecule has 3 atom stereocenters. The fourth-order valence-electron chi connectivity index (χ4n) is 6.27. The molecule has 0 aliphatic carbocycles. The van der Waals surface area contributed by atoms with Gasteiger partial charge in [-0.1, -0.05) is 232 Å². The average molecular weight is 1580 g/mol. The summed E-state index contributed by atoms with van der Waals surface area (Å²) in [5.74, 6) is 1.47. The lowest BCUT2D eigenvalue weighted by Crippen LogP contribution is -2.58. The molecule has 656 valence electrons. The zero-order chi connectivity index (χ0) is 88.3. The molecular weight excluding hydrogens is 1410 g/mol. The average Bonchev–Trinajstić information content (AvgIpc) is 0.821. The van der Waals surface area contributed by atoms with Gasteiger partial charge in [-0.3, -0.25) is 19.2 Å². The van der Waals surface area contributed by atoms with Crippen LogP contribution in [0.15, 0.2) is 121 Å². The number of benzene rings is 4. The Bertz CT molecular complexity index is 2050. The SMILES string of the molecule is C=O.C=O.C=O.C=O.C=O.C=O.C=O.C=O.C=O.C=O.CC.CC.CC(=O)N(C)[C@@H](Cc1ccccc1)C(=O)N(C)[C@@H](Cc1ccccc1)C(=O)N[C@@H](C)C(=O)N1CCCCC1.CC(C)C.CC(C)C.CC(C)O.CCC(C)C.CCc1ccccc1.CCc1ccccc1.CN.CN.CN.CN.CN.N.N.N.N.N. The van der Waals surface area contributed by atoms with Crippen LogP contribution in [0.5, 0.6) is 0 Å². The summed E-state index contributed by atoms with van der Waals surface area (Å²) in [4.78, 5) is 137. The van der Waals surface area contributed by atoms with Crippen LogP contribution in [0.25, 0.3) is 0 Å². The Morgan fingerprint density at radius 3 is 0.782 bits per heavy atom. The predicted molar refractivity (Wildman–Crippen MR) is 472 cm³/mol. The molecule has 0 aromatic heterocycles. The number of likely N-dealkylation sites (N-methyl/N-ethyl adjacent to an activating group) is 2. The molecular formula is C81H172N14O15. The number of carbonyl (C=O) groups is 14. The van der Waals surface area contributed by atoms with Crippen molar-refractivity contribution in [3.63, 3.8) is 0 Å². The van der Waals surface area contributed by atoms with Crippen molar-refractivity contribution in [3.05, 3.63) is 144 Å². The topological polar surface area (TPSA) is 586 Å². The van der Waals surface area contributed by atoms with Gasteiger partial charge in [0.05, 0.1) is 0 Å². The van der Waals surface area contributed by atoms with Crippen LogP contribution in [0.1, 0.15) is 179 Å². The first-order valence-electron chi connectivity index (χ1n) is 34.2. The van der Waals surface area contributed by atoms with Crippen molar-refractivity contribution in [3.8, 4) is 0 Å². The number of nitrogens with one attached hydrogen (secondary N) is 1. The van der Waals surface area contributed by atoms with E-state index in [9.17, 15) is 19.2 Å². The lowest BCUT2D eigenvalue weighted by atomic mass is 10.00. The van der Waals surface area contributed by atoms with Gasteiger partial charge in [-0.05, 0) is 128 Å². The third kappa shape index (κ3) is 145. The van der Waals surface area contributed by atoms with Gasteiger partial charge in [0.15, 0.2) is 0 Å². The summed E-state index contributed by atoms with van der Waals surface area (Å²) in [7, 11) is 10.7. The normalized spacial score (nSPS) is 8.89. The zero-order valence-corrected chi connectivity index (χ0v) is 74.2. The largest absolute Gasteiger partial charge is 0.394 e. The van der Waals surface area contributed by atoms with Crippen LogP contribution >= 0.6 is 0 Å². The number of aryl methyl sites for hydroxylation is 2. The van der Waals surface area contributed by atoms with E-state index in [1.54, 1.807) is 39.8 Å². The lowest BCUT2D eigenvalue weighted by molar-refractivity contribution is -0.147. The lowest BCUT2D eigenvalue weighted by Gasteiger charge is -2.35. The number of carbonyl (C=O) groups excluding carboxylic acids is 14. The highest BCUT2D eigenvalue weighted by Gasteiger charge is 2.36. The standard InChI is InChI=1S/C30H40N4O4.2C8H10.C5H12.2C4H10.C3H8O.2C2H6.5CH5N.10CH2O.5H3N/c1-22(29(37)34-18-12-7-13-19-34)31-28(36)26(20-24-14-8-5-9-15-24)33(4)30(38)27(32(3)23(2)35)21-25-16-10-6-11-17-25;2*1-2-8-6-4-3-5-7-8;1-4-5(2)3;2*1-4(2)3;1-3(2)4;17*1-2;;;;;/h5-6,8-11,14-17,22,26-27H,7,12-13,18-21H2,1-4H3,(H,31,36);2*3-7H,2H2,1H3;5H,4H2,1-3H3;2*4H,1-3H3;3-4H,1-2H3;2*1-2H3;5*2H2,1H3;10*1H2;5*1H3/t22-,26-,27-;;;;;;;;;;;;;;;;;;;;;;;;;;;;/m0............................/s1. The number of rotatable bonds is 13. The van der Waals surface area contributed by atoms with Gasteiger partial charge < -0.3 is 132 Å². The molecule has 29 nitrogen and oxygen atoms in total. The summed E-state index contributed by atoms with van der Waals surface area (Å²) in [5, 5.41) is 10.9. The van der Waals surface area contributed by atoms with Gasteiger partial charge in [-0.15, -0.1) is 0 Å². The molecule has 110 heavy (non-hydrogen) atoms. The Morgan fingerprint density at radius 2 is 0.600 bits per heavy atom. The highest BCUT2D eigenvalue weighted by Crippen LogP contribution is 2.17. The minimum atomic E-state index is -0.861. The highest BCUT2D eigenvalue weighted by molar-refractivity contribution is 5.94. The number of hydrogen-bond donors (Lipinski definition) is 12. The molecule has 0 bridgehead atoms. The fourth-order valence-corrected chi connectivity index (χ4v) is 6.27. The Balaban J connectivity index is -0.0000000388. The van der Waals surface area contributed by atoms with E-state index in [0.717, 1.165) is 61.0 Å². The third-order valence-corrected chi connectivity index (χ3v) is 10.6. The number of aliphatic hydroxyl groups is 1. The van der Waals surface area contributed by atoms with Crippen molar-refractivity contribution in [2.75, 3.05) is 62.4 Å². The summed E-state index contributed by atoms with van der Waals surface area (Å²) in [6, 6.07) is 37.5. The molecule has 4 aromatic carbocycles. The molecule has 5 rings (SSSR count). The summed E-state index contributed by atoms with van der Waals surface area (Å²) >= 11 is 0. The number of nitrogens with two attached hydrogens (primary N) is 5. The number of amides is 4. The first-order chi connectivity index (χ1) is 50.5. The molecule has 1 aliphatic rings. The van der Waals surface area contributed by atoms with Crippen LogP contribution < -0.4 is 64.7 Å². The predicted octanol–water partition coefficient (Wildman–Crippen LogP) is 11.8. The highest BCUT2D eigenvalue weighted by atomic mass is 16.3. The van der Waals surface area contributed by atoms with E-state index in [1.165, 1.54) is 69.5 Å². The molecule has 27 N–H and O–H groups in total. The zero-order valence-electron chi connectivity index (χ0n) is 74.2. The molecule has 29 heteroatoms. The van der Waals surface area contributed by atoms with Crippen molar-refractivity contribution in [1.82, 2.24) is 50.8 Å². The van der Waals surface area contributed by atoms with E-state index in [1.807, 2.05) is 168 Å². The minimum Gasteiger partial charge on any atom is -0.394 e. The molecule has 1 fully saturated rings. The van der Waals surface area contributed by atoms with Gasteiger partial charge in [-0.2, -0.15) is 0 Å². The molecule has 1 heterocycles. The quantitative estimate of drug-likeness (QED) is 0.0591. The molecule has 0 unspecified atom stereocenters. The molecule has 0 radical (unpaired) electrons. The summed E-state index contributed by atoms with van der Waals surface area (Å²) in [6.45, 7) is 59.9. The first kappa shape index (κ1) is 170. The molecule has 0 saturated carbocycles. The Morgan fingerprint density at radius 1 is 0.400 bits per heavy atom. The van der Waals surface area contributed by atoms with Gasteiger partial charge in [0.25, 0.3) is 0 Å². The molecule has 4 aromatic rings. The maximum atomic E-state index is 13.9. The van der Waals surface area contributed by atoms with Crippen molar-refractivity contribution in [2.24, 2.45) is 46.4 Å². The monoisotopic (exact) mass is 1580 g/mol. The van der Waals surface area contributed by atoms with E-state index in [2.05, 4.69) is 159 Å². The smallest absolute Gasteiger partial charge is 0.246 e. The number of likely N-dealkylation sites (tertiary alicyclic amines) is 1. The van der Waals surface area contributed by atoms with E-state index >= 15 is 0 Å². The second-order valence-electron chi connectivity index (χ2n) is 20.1. The summed E-state index contributed by atoms with van der Waals surface area (Å²) in [5.41, 5.74) is 27.1. The Labute approximate surface area is 671 Å². The fraction of sp³-hybridized carbons (Fsp3) is 0.531. The molecule has 1 saturated heterocycles. The van der Waals surface area contributed by atoms with Crippen molar-refractivity contribution in [1.29, 1.82) is 0 Å². The minimum absolute atomic E-state index is 0. The second kappa shape index (κ2) is 170. The van der Waals surface area contributed by atoms with Gasteiger partial charge in [0.2, 0.25) is 23.6 Å². The number of aliphatic hydroxyl groups excluding tert-OH is 1. The van der Waals surface area contributed by atoms with Crippen LogP contribution in [-0.4, -0.2) is 198 Å². The first-order valence-corrected chi connectivity index (χ1v) is 34.2. The van der Waals surface area contributed by atoms with E-state index in [4.69, 9.17) is 53.1 Å². The van der Waals surface area contributed by atoms with Gasteiger partial charge >= 0.3 is 0 Å². The second-order valence-corrected chi connectivity index (χ2v) is 20.1. The number of nitrogens with zero attached hydrogens (tertiary/aromatic N) is 3. The number of piperidine rings is 1. The summed E-state index contributed by atoms with van der Waals surface area (Å²) in [6.07, 6.45) is 7.06.